The summed E-state index contributed by atoms with van der Waals surface area (Å²) >= 11 is 0.881. The summed E-state index contributed by atoms with van der Waals surface area (Å²) in [6.07, 6.45) is -5.03. The zero-order valence-corrected chi connectivity index (χ0v) is 16.2. The molecule has 0 fully saturated rings. The molecule has 2 amide bonds. The normalized spacial score (nSPS) is 15.6. The molecular formula is C19H13F5N2O4S. The van der Waals surface area contributed by atoms with E-state index in [0.29, 0.717) is 4.90 Å². The first-order valence-corrected chi connectivity index (χ1v) is 9.50. The minimum atomic E-state index is -4.57. The van der Waals surface area contributed by atoms with Crippen molar-refractivity contribution in [2.24, 2.45) is 0 Å². The summed E-state index contributed by atoms with van der Waals surface area (Å²) in [5.74, 6) is -4.22. The number of carbonyl (C=O) groups is 3. The lowest BCUT2D eigenvalue weighted by molar-refractivity contribution is -0.147. The molecule has 2 aromatic rings. The zero-order chi connectivity index (χ0) is 22.8. The Kier molecular flexibility index (Phi) is 6.48. The zero-order valence-electron chi connectivity index (χ0n) is 15.4. The predicted molar refractivity (Wildman–Crippen MR) is 100 cm³/mol. The van der Waals surface area contributed by atoms with Crippen molar-refractivity contribution in [1.29, 1.82) is 0 Å². The smallest absolute Gasteiger partial charge is 0.416 e. The van der Waals surface area contributed by atoms with E-state index in [9.17, 15) is 36.3 Å². The third-order valence-electron chi connectivity index (χ3n) is 4.05. The van der Waals surface area contributed by atoms with Gasteiger partial charge in [-0.1, -0.05) is 0 Å². The Labute approximate surface area is 176 Å². The Morgan fingerprint density at radius 3 is 2.58 bits per heavy atom. The molecule has 0 aromatic heterocycles. The van der Waals surface area contributed by atoms with Gasteiger partial charge in [-0.3, -0.25) is 14.4 Å². The number of rotatable bonds is 5. The van der Waals surface area contributed by atoms with E-state index in [2.05, 4.69) is 5.32 Å². The number of thioether (sulfide) groups is 1. The van der Waals surface area contributed by atoms with Crippen LogP contribution in [0.3, 0.4) is 0 Å². The van der Waals surface area contributed by atoms with Gasteiger partial charge in [0, 0.05) is 11.0 Å². The average molecular weight is 460 g/mol. The Morgan fingerprint density at radius 1 is 1.13 bits per heavy atom. The van der Waals surface area contributed by atoms with Crippen LogP contribution in [0.5, 0.6) is 0 Å². The summed E-state index contributed by atoms with van der Waals surface area (Å²) in [7, 11) is 0. The number of anilines is 2. The second-order valence-electron chi connectivity index (χ2n) is 6.34. The average Bonchev–Trinajstić information content (AvgIpc) is 2.68. The van der Waals surface area contributed by atoms with E-state index in [-0.39, 0.29) is 5.69 Å². The molecule has 0 aliphatic carbocycles. The highest BCUT2D eigenvalue weighted by molar-refractivity contribution is 8.01. The number of ether oxygens (including phenoxy) is 1. The third-order valence-corrected chi connectivity index (χ3v) is 5.32. The van der Waals surface area contributed by atoms with E-state index in [1.807, 2.05) is 5.32 Å². The largest absolute Gasteiger partial charge is 0.456 e. The van der Waals surface area contributed by atoms with Gasteiger partial charge in [0.2, 0.25) is 5.91 Å². The molecule has 2 N–H and O–H groups in total. The monoisotopic (exact) mass is 460 g/mol. The number of amides is 2. The fourth-order valence-electron chi connectivity index (χ4n) is 2.60. The second-order valence-corrected chi connectivity index (χ2v) is 7.59. The number of benzene rings is 2. The van der Waals surface area contributed by atoms with Crippen LogP contribution in [0.15, 0.2) is 41.3 Å². The first-order valence-electron chi connectivity index (χ1n) is 8.62. The number of fused-ring (bicyclic) bond motifs is 1. The SMILES string of the molecule is O=C(COC(=O)CC1Sc2ccc(C(F)(F)F)cc2NC1=O)Nc1cc(F)ccc1F. The van der Waals surface area contributed by atoms with Crippen LogP contribution in [-0.2, 0) is 25.3 Å². The van der Waals surface area contributed by atoms with Crippen LogP contribution in [0.4, 0.5) is 33.3 Å². The Bertz CT molecular complexity index is 1040. The summed E-state index contributed by atoms with van der Waals surface area (Å²) in [5, 5.41) is 3.37. The first-order chi connectivity index (χ1) is 14.5. The van der Waals surface area contributed by atoms with E-state index >= 15 is 0 Å². The molecule has 1 heterocycles. The van der Waals surface area contributed by atoms with Gasteiger partial charge in [-0.2, -0.15) is 13.2 Å². The molecule has 6 nitrogen and oxygen atoms in total. The molecule has 12 heteroatoms. The number of nitrogens with one attached hydrogen (secondary N) is 2. The van der Waals surface area contributed by atoms with Crippen molar-refractivity contribution >= 4 is 40.9 Å². The topological polar surface area (TPSA) is 84.5 Å². The van der Waals surface area contributed by atoms with Gasteiger partial charge in [-0.15, -0.1) is 11.8 Å². The van der Waals surface area contributed by atoms with Crippen LogP contribution in [0.1, 0.15) is 12.0 Å². The van der Waals surface area contributed by atoms with Crippen molar-refractivity contribution in [3.8, 4) is 0 Å². The highest BCUT2D eigenvalue weighted by atomic mass is 32.2. The molecule has 0 spiro atoms. The van der Waals surface area contributed by atoms with Crippen LogP contribution in [0.25, 0.3) is 0 Å². The van der Waals surface area contributed by atoms with Gasteiger partial charge in [0.15, 0.2) is 6.61 Å². The molecule has 0 saturated carbocycles. The molecule has 164 valence electrons. The van der Waals surface area contributed by atoms with Crippen LogP contribution >= 0.6 is 11.8 Å². The molecule has 1 aliphatic rings. The maximum atomic E-state index is 13.5. The van der Waals surface area contributed by atoms with Gasteiger partial charge < -0.3 is 15.4 Å². The lowest BCUT2D eigenvalue weighted by Gasteiger charge is -2.24. The van der Waals surface area contributed by atoms with Gasteiger partial charge in [-0.25, -0.2) is 8.78 Å². The molecule has 31 heavy (non-hydrogen) atoms. The Hall–Kier alpha value is -3.15. The maximum absolute atomic E-state index is 13.5. The first kappa shape index (κ1) is 22.5. The van der Waals surface area contributed by atoms with Crippen LogP contribution in [0, 0.1) is 11.6 Å². The third kappa shape index (κ3) is 5.72. The van der Waals surface area contributed by atoms with Crippen molar-refractivity contribution in [2.75, 3.05) is 17.2 Å². The highest BCUT2D eigenvalue weighted by Gasteiger charge is 2.34. The number of esters is 1. The maximum Gasteiger partial charge on any atom is 0.416 e. The Morgan fingerprint density at radius 2 is 1.87 bits per heavy atom. The lowest BCUT2D eigenvalue weighted by Crippen LogP contribution is -2.32. The number of hydrogen-bond donors (Lipinski definition) is 2. The van der Waals surface area contributed by atoms with E-state index in [1.165, 1.54) is 6.07 Å². The summed E-state index contributed by atoms with van der Waals surface area (Å²) in [5.41, 5.74) is -1.38. The standard InChI is InChI=1S/C19H13F5N2O4S/c20-10-2-3-11(21)12(6-10)25-16(27)8-30-17(28)7-15-18(29)26-13-5-9(19(22,23)24)1-4-14(13)31-15/h1-6,15H,7-8H2,(H,25,27)(H,26,29). The van der Waals surface area contributed by atoms with Gasteiger partial charge in [0.1, 0.15) is 11.6 Å². The molecular weight excluding hydrogens is 447 g/mol. The number of halogens is 5. The van der Waals surface area contributed by atoms with Crippen molar-refractivity contribution < 1.29 is 41.1 Å². The lowest BCUT2D eigenvalue weighted by atomic mass is 10.1. The van der Waals surface area contributed by atoms with E-state index in [4.69, 9.17) is 4.74 Å². The number of alkyl halides is 3. The van der Waals surface area contributed by atoms with E-state index < -0.39 is 65.1 Å². The van der Waals surface area contributed by atoms with Gasteiger partial charge >= 0.3 is 12.1 Å². The minimum absolute atomic E-state index is 0.0223. The fourth-order valence-corrected chi connectivity index (χ4v) is 3.67. The van der Waals surface area contributed by atoms with Crippen LogP contribution in [0.2, 0.25) is 0 Å². The van der Waals surface area contributed by atoms with Crippen molar-refractivity contribution in [3.05, 3.63) is 53.6 Å². The number of hydrogen-bond acceptors (Lipinski definition) is 5. The van der Waals surface area contributed by atoms with Crippen molar-refractivity contribution in [2.45, 2.75) is 22.7 Å². The number of carbonyl (C=O) groups excluding carboxylic acids is 3. The molecule has 3 rings (SSSR count). The quantitative estimate of drug-likeness (QED) is 0.521. The molecule has 0 radical (unpaired) electrons. The molecule has 0 bridgehead atoms. The van der Waals surface area contributed by atoms with Gasteiger partial charge in [0.25, 0.3) is 5.91 Å². The molecule has 1 unspecified atom stereocenters. The second kappa shape index (κ2) is 8.92. The molecule has 0 saturated heterocycles. The Balaban J connectivity index is 1.54. The minimum Gasteiger partial charge on any atom is -0.456 e. The van der Waals surface area contributed by atoms with Gasteiger partial charge in [-0.05, 0) is 30.3 Å². The molecule has 1 atom stereocenters. The summed E-state index contributed by atoms with van der Waals surface area (Å²) in [6.45, 7) is -0.806. The summed E-state index contributed by atoms with van der Waals surface area (Å²) in [4.78, 5) is 36.2. The van der Waals surface area contributed by atoms with Gasteiger partial charge in [0.05, 0.1) is 28.6 Å². The summed E-state index contributed by atoms with van der Waals surface area (Å²) < 4.78 is 69.7. The van der Waals surface area contributed by atoms with Crippen molar-refractivity contribution in [3.63, 3.8) is 0 Å². The summed E-state index contributed by atoms with van der Waals surface area (Å²) in [6, 6.07) is 5.26. The predicted octanol–water partition coefficient (Wildman–Crippen LogP) is 3.97. The van der Waals surface area contributed by atoms with E-state index in [1.54, 1.807) is 0 Å². The van der Waals surface area contributed by atoms with Crippen LogP contribution < -0.4 is 10.6 Å². The van der Waals surface area contributed by atoms with Crippen molar-refractivity contribution in [1.82, 2.24) is 0 Å². The van der Waals surface area contributed by atoms with Crippen LogP contribution in [-0.4, -0.2) is 29.6 Å². The van der Waals surface area contributed by atoms with E-state index in [0.717, 1.165) is 42.1 Å². The molecule has 1 aliphatic heterocycles. The fraction of sp³-hybridized carbons (Fsp3) is 0.211. The molecule has 2 aromatic carbocycles. The highest BCUT2D eigenvalue weighted by Crippen LogP contribution is 2.40.